The maximum Gasteiger partial charge on any atom is 0.314 e. The van der Waals surface area contributed by atoms with E-state index in [1.165, 1.54) is 0 Å². The van der Waals surface area contributed by atoms with Gasteiger partial charge in [-0.25, -0.2) is 0 Å². The van der Waals surface area contributed by atoms with Gasteiger partial charge in [0.15, 0.2) is 0 Å². The highest BCUT2D eigenvalue weighted by Gasteiger charge is 2.42. The molecule has 1 N–H and O–H groups in total. The lowest BCUT2D eigenvalue weighted by atomic mass is 9.74. The quantitative estimate of drug-likeness (QED) is 0.903. The highest BCUT2D eigenvalue weighted by Crippen LogP contribution is 2.36. The predicted octanol–water partition coefficient (Wildman–Crippen LogP) is 2.23. The smallest absolute Gasteiger partial charge is 0.314 e. The molecule has 0 saturated carbocycles. The maximum absolute atomic E-state index is 11.8. The molecule has 0 aromatic heterocycles. The number of hydrogen-bond donors (Lipinski definition) is 1. The van der Waals surface area contributed by atoms with Gasteiger partial charge in [0, 0.05) is 25.7 Å². The van der Waals surface area contributed by atoms with Gasteiger partial charge in [0.05, 0.1) is 18.6 Å². The molecule has 3 rings (SSSR count). The number of ether oxygens (including phenoxy) is 3. The Kier molecular flexibility index (Phi) is 4.64. The van der Waals surface area contributed by atoms with Crippen LogP contribution in [0.3, 0.4) is 0 Å². The summed E-state index contributed by atoms with van der Waals surface area (Å²) in [5.74, 6) is 0.383. The van der Waals surface area contributed by atoms with Crippen molar-refractivity contribution in [1.29, 1.82) is 0 Å². The van der Waals surface area contributed by atoms with Gasteiger partial charge in [-0.3, -0.25) is 4.79 Å². The minimum absolute atomic E-state index is 0.431. The summed E-state index contributed by atoms with van der Waals surface area (Å²) in [5.41, 5.74) is -0.0443. The van der Waals surface area contributed by atoms with Gasteiger partial charge in [-0.1, -0.05) is 12.1 Å². The van der Waals surface area contributed by atoms with Crippen LogP contribution >= 0.6 is 0 Å². The van der Waals surface area contributed by atoms with Gasteiger partial charge >= 0.3 is 5.97 Å². The van der Waals surface area contributed by atoms with Gasteiger partial charge in [-0.15, -0.1) is 0 Å². The topological polar surface area (TPSA) is 65.0 Å². The normalized spacial score (nSPS) is 24.1. The minimum atomic E-state index is -0.853. The van der Waals surface area contributed by atoms with Crippen LogP contribution in [0.25, 0.3) is 0 Å². The lowest BCUT2D eigenvalue weighted by Crippen LogP contribution is -2.41. The van der Waals surface area contributed by atoms with E-state index in [0.717, 1.165) is 30.9 Å². The van der Waals surface area contributed by atoms with E-state index < -0.39 is 11.4 Å². The molecule has 1 aromatic carbocycles. The first kappa shape index (κ1) is 15.3. The first-order chi connectivity index (χ1) is 10.7. The Labute approximate surface area is 130 Å². The molecule has 22 heavy (non-hydrogen) atoms. The van der Waals surface area contributed by atoms with Gasteiger partial charge < -0.3 is 19.3 Å². The minimum Gasteiger partial charge on any atom is -0.493 e. The van der Waals surface area contributed by atoms with Crippen molar-refractivity contribution in [2.24, 2.45) is 5.92 Å². The van der Waals surface area contributed by atoms with Crippen molar-refractivity contribution in [2.45, 2.75) is 24.7 Å². The van der Waals surface area contributed by atoms with Crippen LogP contribution < -0.4 is 4.74 Å². The van der Waals surface area contributed by atoms with Crippen molar-refractivity contribution < 1.29 is 24.1 Å². The number of carboxylic acid groups (broad SMARTS) is 1. The van der Waals surface area contributed by atoms with E-state index in [-0.39, 0.29) is 0 Å². The van der Waals surface area contributed by atoms with Crippen molar-refractivity contribution in [3.63, 3.8) is 0 Å². The lowest BCUT2D eigenvalue weighted by Gasteiger charge is -2.33. The SMILES string of the molecule is O=C(O)C1(c2cccc(OC[C@H]3CCOC3)c2)CCOCC1. The fourth-order valence-electron chi connectivity index (χ4n) is 3.16. The molecule has 0 aliphatic carbocycles. The van der Waals surface area contributed by atoms with E-state index in [1.54, 1.807) is 0 Å². The first-order valence-electron chi connectivity index (χ1n) is 7.83. The van der Waals surface area contributed by atoms with Gasteiger partial charge in [-0.05, 0) is 37.0 Å². The number of rotatable bonds is 5. The molecule has 5 heteroatoms. The monoisotopic (exact) mass is 306 g/mol. The van der Waals surface area contributed by atoms with Crippen LogP contribution in [0.1, 0.15) is 24.8 Å². The number of carboxylic acids is 1. The van der Waals surface area contributed by atoms with E-state index >= 15 is 0 Å². The molecule has 120 valence electrons. The number of carbonyl (C=O) groups is 1. The largest absolute Gasteiger partial charge is 0.493 e. The molecular formula is C17H22O5. The van der Waals surface area contributed by atoms with Crippen LogP contribution in [0.4, 0.5) is 0 Å². The summed E-state index contributed by atoms with van der Waals surface area (Å²) in [7, 11) is 0. The molecule has 1 aromatic rings. The first-order valence-corrected chi connectivity index (χ1v) is 7.83. The van der Waals surface area contributed by atoms with Crippen molar-refractivity contribution in [2.75, 3.05) is 33.0 Å². The Bertz CT molecular complexity index is 516. The zero-order chi connectivity index (χ0) is 15.4. The van der Waals surface area contributed by atoms with E-state index in [1.807, 2.05) is 24.3 Å². The molecular weight excluding hydrogens is 284 g/mol. The highest BCUT2D eigenvalue weighted by molar-refractivity contribution is 5.81. The fourth-order valence-corrected chi connectivity index (χ4v) is 3.16. The molecule has 2 aliphatic rings. The molecule has 5 nitrogen and oxygen atoms in total. The molecule has 2 saturated heterocycles. The second kappa shape index (κ2) is 6.67. The molecule has 2 aliphatic heterocycles. The Morgan fingerprint density at radius 3 is 2.77 bits per heavy atom. The summed E-state index contributed by atoms with van der Waals surface area (Å²) in [6.07, 6.45) is 2.03. The van der Waals surface area contributed by atoms with Crippen molar-refractivity contribution in [3.05, 3.63) is 29.8 Å². The lowest BCUT2D eigenvalue weighted by molar-refractivity contribution is -0.147. The molecule has 2 heterocycles. The van der Waals surface area contributed by atoms with Crippen LogP contribution in [0.15, 0.2) is 24.3 Å². The average molecular weight is 306 g/mol. The molecule has 0 bridgehead atoms. The van der Waals surface area contributed by atoms with Crippen molar-refractivity contribution >= 4 is 5.97 Å². The third-order valence-electron chi connectivity index (χ3n) is 4.65. The summed E-state index contributed by atoms with van der Waals surface area (Å²) >= 11 is 0. The van der Waals surface area contributed by atoms with Crippen molar-refractivity contribution in [1.82, 2.24) is 0 Å². The summed E-state index contributed by atoms with van der Waals surface area (Å²) in [4.78, 5) is 11.8. The van der Waals surface area contributed by atoms with Crippen LogP contribution in [0.5, 0.6) is 5.75 Å². The average Bonchev–Trinajstić information content (AvgIpc) is 3.07. The summed E-state index contributed by atoms with van der Waals surface area (Å²) in [6, 6.07) is 7.50. The summed E-state index contributed by atoms with van der Waals surface area (Å²) < 4.78 is 16.5. The number of aliphatic carboxylic acids is 1. The van der Waals surface area contributed by atoms with Gasteiger partial charge in [0.1, 0.15) is 5.75 Å². The third-order valence-corrected chi connectivity index (χ3v) is 4.65. The third kappa shape index (κ3) is 3.10. The van der Waals surface area contributed by atoms with Gasteiger partial charge in [0.25, 0.3) is 0 Å². The number of hydrogen-bond acceptors (Lipinski definition) is 4. The molecule has 0 amide bonds. The van der Waals surface area contributed by atoms with Crippen LogP contribution in [0.2, 0.25) is 0 Å². The molecule has 1 atom stereocenters. The standard InChI is InChI=1S/C17H22O5/c18-16(19)17(5-8-20-9-6-17)14-2-1-3-15(10-14)22-12-13-4-7-21-11-13/h1-3,10,13H,4-9,11-12H2,(H,18,19)/t13-/m0/s1. The second-order valence-electron chi connectivity index (χ2n) is 6.07. The van der Waals surface area contributed by atoms with Crippen molar-refractivity contribution in [3.8, 4) is 5.75 Å². The maximum atomic E-state index is 11.8. The Balaban J connectivity index is 1.75. The van der Waals surface area contributed by atoms with Gasteiger partial charge in [0.2, 0.25) is 0 Å². The number of benzene rings is 1. The van der Waals surface area contributed by atoms with Crippen LogP contribution in [-0.4, -0.2) is 44.1 Å². The van der Waals surface area contributed by atoms with Crippen LogP contribution in [-0.2, 0) is 19.7 Å². The molecule has 0 spiro atoms. The molecule has 0 unspecified atom stereocenters. The fraction of sp³-hybridized carbons (Fsp3) is 0.588. The van der Waals surface area contributed by atoms with E-state index in [9.17, 15) is 9.90 Å². The highest BCUT2D eigenvalue weighted by atomic mass is 16.5. The van der Waals surface area contributed by atoms with E-state index in [2.05, 4.69) is 0 Å². The Morgan fingerprint density at radius 1 is 1.27 bits per heavy atom. The van der Waals surface area contributed by atoms with Gasteiger partial charge in [-0.2, -0.15) is 0 Å². The van der Waals surface area contributed by atoms with E-state index in [0.29, 0.717) is 38.6 Å². The Morgan fingerprint density at radius 2 is 2.09 bits per heavy atom. The molecule has 2 fully saturated rings. The van der Waals surface area contributed by atoms with Crippen LogP contribution in [0, 0.1) is 5.92 Å². The summed E-state index contributed by atoms with van der Waals surface area (Å²) in [6.45, 7) is 3.13. The Hall–Kier alpha value is -1.59. The second-order valence-corrected chi connectivity index (χ2v) is 6.07. The molecule has 0 radical (unpaired) electrons. The zero-order valence-corrected chi connectivity index (χ0v) is 12.6. The zero-order valence-electron chi connectivity index (χ0n) is 12.6. The van der Waals surface area contributed by atoms with E-state index in [4.69, 9.17) is 14.2 Å². The summed E-state index contributed by atoms with van der Waals surface area (Å²) in [5, 5.41) is 9.72. The predicted molar refractivity (Wildman–Crippen MR) is 80.2 cm³/mol.